The number of nitro benzene ring substituents is 1. The van der Waals surface area contributed by atoms with Crippen molar-refractivity contribution in [3.8, 4) is 11.5 Å². The predicted molar refractivity (Wildman–Crippen MR) is 168 cm³/mol. The highest BCUT2D eigenvalue weighted by molar-refractivity contribution is 8.18. The molecule has 45 heavy (non-hydrogen) atoms. The van der Waals surface area contributed by atoms with Crippen molar-refractivity contribution in [1.29, 1.82) is 0 Å². The van der Waals surface area contributed by atoms with E-state index in [0.717, 1.165) is 11.3 Å². The molecule has 14 heteroatoms. The number of nitrogens with one attached hydrogen (secondary N) is 1. The van der Waals surface area contributed by atoms with Crippen LogP contribution in [0.2, 0.25) is 5.02 Å². The van der Waals surface area contributed by atoms with Gasteiger partial charge in [-0.05, 0) is 65.7 Å². The molecule has 0 saturated carbocycles. The normalized spacial score (nSPS) is 13.6. The molecule has 3 aromatic rings. The number of carbonyl (C=O) groups excluding carboxylic acids is 4. The summed E-state index contributed by atoms with van der Waals surface area (Å²) in [6.45, 7) is 1.71. The van der Waals surface area contributed by atoms with Crippen molar-refractivity contribution in [2.24, 2.45) is 0 Å². The molecule has 0 bridgehead atoms. The van der Waals surface area contributed by atoms with E-state index < -0.39 is 34.5 Å². The van der Waals surface area contributed by atoms with Crippen LogP contribution in [0.3, 0.4) is 0 Å². The lowest BCUT2D eigenvalue weighted by Crippen LogP contribution is -2.36. The number of carbonyl (C=O) groups is 4. The Morgan fingerprint density at radius 3 is 2.62 bits per heavy atom. The van der Waals surface area contributed by atoms with Gasteiger partial charge in [-0.2, -0.15) is 0 Å². The van der Waals surface area contributed by atoms with Crippen molar-refractivity contribution in [3.63, 3.8) is 0 Å². The van der Waals surface area contributed by atoms with E-state index in [1.54, 1.807) is 30.3 Å². The van der Waals surface area contributed by atoms with E-state index in [1.165, 1.54) is 43.5 Å². The molecule has 1 fully saturated rings. The molecular formula is C31H28ClN3O9S. The second-order valence-electron chi connectivity index (χ2n) is 9.63. The highest BCUT2D eigenvalue weighted by Crippen LogP contribution is 2.35. The van der Waals surface area contributed by atoms with Crippen LogP contribution in [0.25, 0.3) is 6.08 Å². The first-order valence-corrected chi connectivity index (χ1v) is 14.8. The molecule has 1 N–H and O–H groups in total. The fraction of sp³-hybridized carbons (Fsp3) is 0.226. The largest absolute Gasteiger partial charge is 0.493 e. The van der Waals surface area contributed by atoms with E-state index in [2.05, 4.69) is 5.32 Å². The van der Waals surface area contributed by atoms with Crippen LogP contribution in [0.5, 0.6) is 11.5 Å². The maximum Gasteiger partial charge on any atom is 0.339 e. The summed E-state index contributed by atoms with van der Waals surface area (Å²) in [4.78, 5) is 62.2. The topological polar surface area (TPSA) is 154 Å². The number of anilines is 1. The maximum atomic E-state index is 13.0. The van der Waals surface area contributed by atoms with E-state index >= 15 is 0 Å². The Labute approximate surface area is 267 Å². The average Bonchev–Trinajstić information content (AvgIpc) is 3.28. The summed E-state index contributed by atoms with van der Waals surface area (Å²) in [6, 6.07) is 15.2. The molecule has 1 aliphatic heterocycles. The van der Waals surface area contributed by atoms with Gasteiger partial charge in [0.1, 0.15) is 13.2 Å². The first kappa shape index (κ1) is 33.0. The van der Waals surface area contributed by atoms with Crippen molar-refractivity contribution in [1.82, 2.24) is 4.90 Å². The van der Waals surface area contributed by atoms with Gasteiger partial charge in [0, 0.05) is 17.8 Å². The SMILES string of the molecule is CCCCOC(=O)c1cc(NC(=O)CN2C(=O)S/C(=C/c3ccc(OCc4cccc([N+](=O)[O-])c4)c(OC)c3)C2=O)ccc1Cl. The van der Waals surface area contributed by atoms with Crippen molar-refractivity contribution in [3.05, 3.63) is 97.4 Å². The molecule has 3 aromatic carbocycles. The average molecular weight is 654 g/mol. The number of halogens is 1. The second kappa shape index (κ2) is 15.2. The van der Waals surface area contributed by atoms with Gasteiger partial charge in [-0.15, -0.1) is 0 Å². The fourth-order valence-electron chi connectivity index (χ4n) is 4.09. The van der Waals surface area contributed by atoms with Gasteiger partial charge in [-0.25, -0.2) is 4.79 Å². The second-order valence-corrected chi connectivity index (χ2v) is 11.0. The van der Waals surface area contributed by atoms with Crippen LogP contribution in [0.15, 0.2) is 65.6 Å². The Balaban J connectivity index is 1.39. The van der Waals surface area contributed by atoms with E-state index in [4.69, 9.17) is 25.8 Å². The molecule has 0 unspecified atom stereocenters. The zero-order valence-electron chi connectivity index (χ0n) is 24.2. The van der Waals surface area contributed by atoms with E-state index in [1.807, 2.05) is 6.92 Å². The molecule has 1 saturated heterocycles. The molecular weight excluding hydrogens is 626 g/mol. The zero-order chi connectivity index (χ0) is 32.5. The van der Waals surface area contributed by atoms with Gasteiger partial charge in [0.25, 0.3) is 16.8 Å². The number of benzene rings is 3. The minimum absolute atomic E-state index is 0.0521. The number of non-ortho nitro benzene ring substituents is 1. The molecule has 0 aliphatic carbocycles. The summed E-state index contributed by atoms with van der Waals surface area (Å²) in [5.41, 5.74) is 1.40. The van der Waals surface area contributed by atoms with E-state index in [9.17, 15) is 29.3 Å². The maximum absolute atomic E-state index is 13.0. The van der Waals surface area contributed by atoms with E-state index in [-0.39, 0.29) is 40.1 Å². The first-order chi connectivity index (χ1) is 21.6. The number of ether oxygens (including phenoxy) is 3. The standard InChI is InChI=1S/C31H28ClN3O9S/c1-3-4-12-43-30(38)23-16-21(9-10-24(23)32)33-28(36)17-34-29(37)27(45-31(34)39)15-19-8-11-25(26(14-19)42-2)44-18-20-6-5-7-22(13-20)35(40)41/h5-11,13-16H,3-4,12,17-18H2,1-2H3,(H,33,36)/b27-15+. The number of nitro groups is 1. The highest BCUT2D eigenvalue weighted by Gasteiger charge is 2.36. The monoisotopic (exact) mass is 653 g/mol. The molecule has 3 amide bonds. The number of hydrogen-bond donors (Lipinski definition) is 1. The third kappa shape index (κ3) is 8.61. The Kier molecular flexibility index (Phi) is 11.2. The highest BCUT2D eigenvalue weighted by atomic mass is 35.5. The van der Waals surface area contributed by atoms with Gasteiger partial charge < -0.3 is 19.5 Å². The number of amides is 3. The Morgan fingerprint density at radius 2 is 1.89 bits per heavy atom. The first-order valence-electron chi connectivity index (χ1n) is 13.7. The molecule has 1 aliphatic rings. The van der Waals surface area contributed by atoms with Crippen molar-refractivity contribution < 1.29 is 38.3 Å². The van der Waals surface area contributed by atoms with Crippen molar-refractivity contribution >= 4 is 63.8 Å². The van der Waals surface area contributed by atoms with Crippen molar-refractivity contribution in [2.75, 3.05) is 25.6 Å². The summed E-state index contributed by atoms with van der Waals surface area (Å²) >= 11 is 6.81. The number of imide groups is 1. The lowest BCUT2D eigenvalue weighted by molar-refractivity contribution is -0.384. The molecule has 234 valence electrons. The van der Waals surface area contributed by atoms with Gasteiger partial charge in [0.05, 0.1) is 34.1 Å². The smallest absolute Gasteiger partial charge is 0.339 e. The summed E-state index contributed by atoms with van der Waals surface area (Å²) < 4.78 is 16.4. The van der Waals surface area contributed by atoms with Crippen LogP contribution in [-0.4, -0.2) is 53.1 Å². The Bertz CT molecular complexity index is 1680. The summed E-state index contributed by atoms with van der Waals surface area (Å²) in [5, 5.41) is 13.1. The van der Waals surface area contributed by atoms with Crippen LogP contribution in [-0.2, 0) is 20.9 Å². The van der Waals surface area contributed by atoms with Gasteiger partial charge in [-0.1, -0.05) is 43.1 Å². The number of nitrogens with zero attached hydrogens (tertiary/aromatic N) is 2. The number of rotatable bonds is 13. The molecule has 0 radical (unpaired) electrons. The summed E-state index contributed by atoms with van der Waals surface area (Å²) in [6.07, 6.45) is 3.04. The van der Waals surface area contributed by atoms with Crippen LogP contribution in [0.1, 0.15) is 41.3 Å². The summed E-state index contributed by atoms with van der Waals surface area (Å²) in [5.74, 6) is -1.23. The van der Waals surface area contributed by atoms with Crippen LogP contribution in [0.4, 0.5) is 16.2 Å². The number of methoxy groups -OCH3 is 1. The third-order valence-electron chi connectivity index (χ3n) is 6.38. The fourth-order valence-corrected chi connectivity index (χ4v) is 5.13. The molecule has 0 spiro atoms. The quantitative estimate of drug-likeness (QED) is 0.0714. The molecule has 12 nitrogen and oxygen atoms in total. The van der Waals surface area contributed by atoms with Crippen LogP contribution < -0.4 is 14.8 Å². The molecule has 1 heterocycles. The van der Waals surface area contributed by atoms with Crippen molar-refractivity contribution in [2.45, 2.75) is 26.4 Å². The minimum Gasteiger partial charge on any atom is -0.493 e. The molecule has 0 atom stereocenters. The van der Waals surface area contributed by atoms with Gasteiger partial charge >= 0.3 is 5.97 Å². The zero-order valence-corrected chi connectivity index (χ0v) is 25.8. The van der Waals surface area contributed by atoms with E-state index in [0.29, 0.717) is 40.8 Å². The number of unbranched alkanes of at least 4 members (excludes halogenated alkanes) is 1. The predicted octanol–water partition coefficient (Wildman–Crippen LogP) is 6.47. The minimum atomic E-state index is -0.655. The van der Waals surface area contributed by atoms with Gasteiger partial charge in [0.2, 0.25) is 5.91 Å². The number of hydrogen-bond acceptors (Lipinski definition) is 10. The summed E-state index contributed by atoms with van der Waals surface area (Å²) in [7, 11) is 1.44. The Morgan fingerprint density at radius 1 is 1.09 bits per heavy atom. The molecule has 4 rings (SSSR count). The molecule has 0 aromatic heterocycles. The van der Waals surface area contributed by atoms with Crippen LogP contribution in [0, 0.1) is 10.1 Å². The van der Waals surface area contributed by atoms with Gasteiger partial charge in [-0.3, -0.25) is 29.4 Å². The number of esters is 1. The van der Waals surface area contributed by atoms with Gasteiger partial charge in [0.15, 0.2) is 11.5 Å². The lowest BCUT2D eigenvalue weighted by atomic mass is 10.1. The van der Waals surface area contributed by atoms with Crippen LogP contribution >= 0.6 is 23.4 Å². The Hall–Kier alpha value is -4.88. The third-order valence-corrected chi connectivity index (χ3v) is 7.61. The lowest BCUT2D eigenvalue weighted by Gasteiger charge is -2.13. The number of thioether (sulfide) groups is 1.